The standard InChI is InChI=1S/C35H57N5O5/c1-8-19-15(2)23-12-27-21(14-36)17(4)22(38-27)11-24-16(3)20(9-10-28(41)44-6)32(39-24)30-31(35(43)45-7)34(42)29-18(5)25(40-33(29)30)13-26(19)37-23/h15-27,29-34,37-40,42H,8-13H2,1-7H3. The Hall–Kier alpha value is -1.77. The number of nitrogens with one attached hydrogen (secondary N) is 4. The van der Waals surface area contributed by atoms with Crippen molar-refractivity contribution in [2.24, 2.45) is 59.2 Å². The molecule has 5 N–H and O–H groups in total. The van der Waals surface area contributed by atoms with Crippen LogP contribution in [0.15, 0.2) is 0 Å². The molecular formula is C35H57N5O5. The third-order valence-electron chi connectivity index (χ3n) is 14.1. The van der Waals surface area contributed by atoms with Crippen molar-refractivity contribution in [2.45, 2.75) is 128 Å². The SMILES string of the molecule is CCC1C2CC3NC4C(C3C)C(O)C(C(=O)OC)C4C3NC(CC4NC(CC(N2)C1C)C(C#N)C4C)C(C)C3CCC(=O)OC. The molecule has 19 atom stereocenters. The first-order chi connectivity index (χ1) is 21.5. The molecule has 0 amide bonds. The van der Waals surface area contributed by atoms with Gasteiger partial charge in [0, 0.05) is 66.6 Å². The van der Waals surface area contributed by atoms with E-state index in [1.54, 1.807) is 0 Å². The first-order valence-electron chi connectivity index (χ1n) is 17.8. The molecule has 45 heavy (non-hydrogen) atoms. The first-order valence-corrected chi connectivity index (χ1v) is 17.8. The lowest BCUT2D eigenvalue weighted by atomic mass is 9.75. The van der Waals surface area contributed by atoms with E-state index < -0.39 is 12.0 Å². The zero-order chi connectivity index (χ0) is 32.3. The molecule has 8 bridgehead atoms. The van der Waals surface area contributed by atoms with Crippen molar-refractivity contribution in [2.75, 3.05) is 14.2 Å². The van der Waals surface area contributed by atoms with Gasteiger partial charge in [-0.1, -0.05) is 41.0 Å². The summed E-state index contributed by atoms with van der Waals surface area (Å²) in [6.07, 6.45) is 4.07. The largest absolute Gasteiger partial charge is 0.469 e. The molecule has 5 heterocycles. The molecular weight excluding hydrogens is 570 g/mol. The molecule has 6 aliphatic rings. The van der Waals surface area contributed by atoms with E-state index >= 15 is 0 Å². The van der Waals surface area contributed by atoms with Crippen molar-refractivity contribution in [1.82, 2.24) is 21.3 Å². The summed E-state index contributed by atoms with van der Waals surface area (Å²) in [5, 5.41) is 38.3. The number of carbonyl (C=O) groups is 2. The molecule has 0 radical (unpaired) electrons. The Labute approximate surface area is 269 Å². The number of ether oxygens (including phenoxy) is 2. The van der Waals surface area contributed by atoms with E-state index in [1.165, 1.54) is 14.2 Å². The zero-order valence-electron chi connectivity index (χ0n) is 28.2. The van der Waals surface area contributed by atoms with Crippen LogP contribution in [0.4, 0.5) is 0 Å². The van der Waals surface area contributed by atoms with Crippen LogP contribution in [0.25, 0.3) is 0 Å². The summed E-state index contributed by atoms with van der Waals surface area (Å²) in [7, 11) is 2.85. The predicted molar refractivity (Wildman–Crippen MR) is 169 cm³/mol. The lowest BCUT2D eigenvalue weighted by molar-refractivity contribution is -0.152. The number of hydrogen-bond acceptors (Lipinski definition) is 10. The van der Waals surface area contributed by atoms with Crippen molar-refractivity contribution in [3.63, 3.8) is 0 Å². The molecule has 0 aromatic rings. The number of fused-ring (bicyclic) bond motifs is 8. The minimum Gasteiger partial charge on any atom is -0.469 e. The predicted octanol–water partition coefficient (Wildman–Crippen LogP) is 2.21. The van der Waals surface area contributed by atoms with Gasteiger partial charge in [-0.05, 0) is 61.2 Å². The summed E-state index contributed by atoms with van der Waals surface area (Å²) >= 11 is 0. The summed E-state index contributed by atoms with van der Waals surface area (Å²) in [5.41, 5.74) is 0. The number of nitrogens with zero attached hydrogens (tertiary/aromatic N) is 1. The fourth-order valence-corrected chi connectivity index (χ4v) is 11.6. The van der Waals surface area contributed by atoms with Gasteiger partial charge >= 0.3 is 11.9 Å². The van der Waals surface area contributed by atoms with Crippen molar-refractivity contribution in [1.29, 1.82) is 5.26 Å². The van der Waals surface area contributed by atoms with Crippen LogP contribution in [0, 0.1) is 70.5 Å². The molecule has 1 aliphatic carbocycles. The number of aliphatic hydroxyl groups is 1. The first kappa shape index (κ1) is 33.1. The zero-order valence-corrected chi connectivity index (χ0v) is 28.2. The molecule has 10 heteroatoms. The van der Waals surface area contributed by atoms with Gasteiger partial charge in [0.2, 0.25) is 0 Å². The molecule has 0 spiro atoms. The van der Waals surface area contributed by atoms with Crippen LogP contribution in [-0.2, 0) is 19.1 Å². The molecule has 6 rings (SSSR count). The highest BCUT2D eigenvalue weighted by Crippen LogP contribution is 2.53. The second kappa shape index (κ2) is 13.0. The highest BCUT2D eigenvalue weighted by atomic mass is 16.5. The Morgan fingerprint density at radius 1 is 0.756 bits per heavy atom. The van der Waals surface area contributed by atoms with E-state index in [-0.39, 0.29) is 89.6 Å². The molecule has 0 aromatic heterocycles. The Morgan fingerprint density at radius 3 is 2.00 bits per heavy atom. The summed E-state index contributed by atoms with van der Waals surface area (Å²) in [5.74, 6) is 0.315. The number of esters is 2. The summed E-state index contributed by atoms with van der Waals surface area (Å²) in [6, 6.07) is 3.96. The minimum absolute atomic E-state index is 0.0355. The van der Waals surface area contributed by atoms with Crippen LogP contribution in [0.3, 0.4) is 0 Å². The normalized spacial score (nSPS) is 52.0. The van der Waals surface area contributed by atoms with Crippen LogP contribution in [-0.4, -0.2) is 85.7 Å². The lowest BCUT2D eigenvalue weighted by Crippen LogP contribution is -2.52. The molecule has 252 valence electrons. The maximum Gasteiger partial charge on any atom is 0.311 e. The van der Waals surface area contributed by atoms with Crippen LogP contribution in [0.5, 0.6) is 0 Å². The van der Waals surface area contributed by atoms with Gasteiger partial charge in [0.1, 0.15) is 0 Å². The summed E-state index contributed by atoms with van der Waals surface area (Å²) in [6.45, 7) is 11.4. The molecule has 5 aliphatic heterocycles. The van der Waals surface area contributed by atoms with Gasteiger partial charge in [0.25, 0.3) is 0 Å². The lowest BCUT2D eigenvalue weighted by Gasteiger charge is -2.35. The topological polar surface area (TPSA) is 145 Å². The fourth-order valence-electron chi connectivity index (χ4n) is 11.6. The average molecular weight is 628 g/mol. The third kappa shape index (κ3) is 5.52. The van der Waals surface area contributed by atoms with Crippen LogP contribution >= 0.6 is 0 Å². The van der Waals surface area contributed by atoms with Crippen LogP contribution < -0.4 is 21.3 Å². The average Bonchev–Trinajstić information content (AvgIpc) is 3.76. The highest BCUT2D eigenvalue weighted by Gasteiger charge is 2.64. The van der Waals surface area contributed by atoms with E-state index in [0.29, 0.717) is 36.8 Å². The van der Waals surface area contributed by atoms with E-state index in [0.717, 1.165) is 25.7 Å². The van der Waals surface area contributed by atoms with Gasteiger partial charge in [-0.15, -0.1) is 0 Å². The number of aliphatic hydroxyl groups excluding tert-OH is 1. The van der Waals surface area contributed by atoms with Crippen molar-refractivity contribution < 1.29 is 24.2 Å². The number of hydrogen-bond donors (Lipinski definition) is 5. The number of nitriles is 1. The Balaban J connectivity index is 1.40. The van der Waals surface area contributed by atoms with Crippen LogP contribution in [0.2, 0.25) is 0 Å². The van der Waals surface area contributed by atoms with Crippen molar-refractivity contribution >= 4 is 11.9 Å². The summed E-state index contributed by atoms with van der Waals surface area (Å²) < 4.78 is 10.4. The van der Waals surface area contributed by atoms with E-state index in [1.807, 2.05) is 0 Å². The minimum atomic E-state index is -0.796. The van der Waals surface area contributed by atoms with Gasteiger partial charge in [0.05, 0.1) is 38.2 Å². The second-order valence-electron chi connectivity index (χ2n) is 15.7. The molecule has 0 aromatic carbocycles. The molecule has 10 nitrogen and oxygen atoms in total. The monoisotopic (exact) mass is 627 g/mol. The van der Waals surface area contributed by atoms with Crippen molar-refractivity contribution in [3.8, 4) is 6.07 Å². The molecule has 1 saturated carbocycles. The maximum absolute atomic E-state index is 13.5. The second-order valence-corrected chi connectivity index (χ2v) is 15.7. The Kier molecular flexibility index (Phi) is 9.60. The third-order valence-corrected chi connectivity index (χ3v) is 14.1. The van der Waals surface area contributed by atoms with Gasteiger partial charge < -0.3 is 35.8 Å². The molecule has 6 fully saturated rings. The Morgan fingerprint density at radius 2 is 1.33 bits per heavy atom. The molecule has 19 unspecified atom stereocenters. The molecule has 5 saturated heterocycles. The van der Waals surface area contributed by atoms with E-state index in [9.17, 15) is 20.0 Å². The summed E-state index contributed by atoms with van der Waals surface area (Å²) in [4.78, 5) is 25.8. The van der Waals surface area contributed by atoms with E-state index in [4.69, 9.17) is 9.47 Å². The van der Waals surface area contributed by atoms with E-state index in [2.05, 4.69) is 62.0 Å². The smallest absolute Gasteiger partial charge is 0.311 e. The maximum atomic E-state index is 13.5. The number of methoxy groups -OCH3 is 2. The van der Waals surface area contributed by atoms with Crippen molar-refractivity contribution in [3.05, 3.63) is 0 Å². The number of carbonyl (C=O) groups excluding carboxylic acids is 2. The highest BCUT2D eigenvalue weighted by molar-refractivity contribution is 5.74. The number of rotatable bonds is 5. The van der Waals surface area contributed by atoms with Gasteiger partial charge in [0.15, 0.2) is 0 Å². The van der Waals surface area contributed by atoms with Gasteiger partial charge in [-0.2, -0.15) is 5.26 Å². The van der Waals surface area contributed by atoms with Gasteiger partial charge in [-0.25, -0.2) is 0 Å². The quantitative estimate of drug-likeness (QED) is 0.288. The fraction of sp³-hybridized carbons (Fsp3) is 0.914. The van der Waals surface area contributed by atoms with Gasteiger partial charge in [-0.3, -0.25) is 9.59 Å². The Bertz CT molecular complexity index is 1150. The van der Waals surface area contributed by atoms with Crippen LogP contribution in [0.1, 0.15) is 73.1 Å².